The summed E-state index contributed by atoms with van der Waals surface area (Å²) in [7, 11) is 0.977. The van der Waals surface area contributed by atoms with Crippen molar-refractivity contribution in [2.75, 3.05) is 13.1 Å². The van der Waals surface area contributed by atoms with Crippen molar-refractivity contribution in [3.8, 4) is 0 Å². The van der Waals surface area contributed by atoms with Crippen LogP contribution in [0.15, 0.2) is 17.0 Å². The number of hydrogen-bond acceptors (Lipinski definition) is 3. The van der Waals surface area contributed by atoms with Crippen LogP contribution in [0.5, 0.6) is 0 Å². The lowest BCUT2D eigenvalue weighted by molar-refractivity contribution is 0.0745. The number of nitrogens with zero attached hydrogens (tertiary/aromatic N) is 1. The van der Waals surface area contributed by atoms with Crippen LogP contribution in [0.1, 0.15) is 36.7 Å². The van der Waals surface area contributed by atoms with E-state index >= 15 is 0 Å². The van der Waals surface area contributed by atoms with E-state index in [1.165, 1.54) is 13.0 Å². The molecule has 118 valence electrons. The molecule has 0 atom stereocenters. The lowest BCUT2D eigenvalue weighted by Gasteiger charge is -2.23. The Morgan fingerprint density at radius 3 is 2.38 bits per heavy atom. The minimum Gasteiger partial charge on any atom is -0.339 e. The number of carbonyl (C=O) groups excluding carboxylic acids is 1. The second kappa shape index (κ2) is 6.75. The molecule has 0 aromatic heterocycles. The third kappa shape index (κ3) is 4.41. The summed E-state index contributed by atoms with van der Waals surface area (Å²) in [5.74, 6) is -0.990. The van der Waals surface area contributed by atoms with E-state index in [4.69, 9.17) is 10.7 Å². The summed E-state index contributed by atoms with van der Waals surface area (Å²) >= 11 is 0. The zero-order valence-electron chi connectivity index (χ0n) is 12.5. The van der Waals surface area contributed by atoms with Crippen LogP contribution in [0.25, 0.3) is 0 Å². The largest absolute Gasteiger partial charge is 0.339 e. The molecule has 0 aliphatic heterocycles. The fourth-order valence-electron chi connectivity index (χ4n) is 2.02. The van der Waals surface area contributed by atoms with Crippen LogP contribution in [-0.4, -0.2) is 32.3 Å². The highest BCUT2D eigenvalue weighted by Crippen LogP contribution is 2.24. The van der Waals surface area contributed by atoms with Gasteiger partial charge in [0.1, 0.15) is 10.7 Å². The number of benzene rings is 1. The molecule has 1 aromatic carbocycles. The van der Waals surface area contributed by atoms with Crippen LogP contribution >= 0.6 is 10.7 Å². The summed E-state index contributed by atoms with van der Waals surface area (Å²) in [4.78, 5) is 13.3. The number of rotatable bonds is 5. The number of aryl methyl sites for hydroxylation is 1. The zero-order valence-corrected chi connectivity index (χ0v) is 14.1. The molecule has 1 amide bonds. The third-order valence-electron chi connectivity index (χ3n) is 2.99. The number of carbonyl (C=O) groups is 1. The summed E-state index contributed by atoms with van der Waals surface area (Å²) in [6.07, 6.45) is 0. The van der Waals surface area contributed by atoms with E-state index in [0.717, 1.165) is 6.07 Å². The fraction of sp³-hybridized carbons (Fsp3) is 0.500. The predicted octanol–water partition coefficient (Wildman–Crippen LogP) is 3.18. The predicted molar refractivity (Wildman–Crippen MR) is 80.6 cm³/mol. The van der Waals surface area contributed by atoms with Crippen LogP contribution in [0, 0.1) is 18.7 Å². The second-order valence-corrected chi connectivity index (χ2v) is 7.82. The molecule has 0 saturated heterocycles. The molecule has 0 radical (unpaired) electrons. The number of hydrogen-bond donors (Lipinski definition) is 0. The summed E-state index contributed by atoms with van der Waals surface area (Å²) in [5.41, 5.74) is 0.191. The molecule has 0 aliphatic rings. The van der Waals surface area contributed by atoms with E-state index in [1.54, 1.807) is 4.90 Å². The van der Waals surface area contributed by atoms with E-state index in [1.807, 2.05) is 20.8 Å². The molecule has 7 heteroatoms. The van der Waals surface area contributed by atoms with E-state index in [2.05, 4.69) is 0 Å². The maximum atomic E-state index is 13.8. The summed E-state index contributed by atoms with van der Waals surface area (Å²) in [6.45, 7) is 8.19. The monoisotopic (exact) mass is 335 g/mol. The maximum absolute atomic E-state index is 13.8. The quantitative estimate of drug-likeness (QED) is 0.776. The molecule has 21 heavy (non-hydrogen) atoms. The smallest absolute Gasteiger partial charge is 0.264 e. The first-order valence-electron chi connectivity index (χ1n) is 6.62. The SMILES string of the molecule is CCN(CC(C)C)C(=O)c1cc(C)c(F)c(S(=O)(=O)Cl)c1. The van der Waals surface area contributed by atoms with Crippen LogP contribution in [0.2, 0.25) is 0 Å². The Hall–Kier alpha value is -1.14. The van der Waals surface area contributed by atoms with Crippen LogP contribution < -0.4 is 0 Å². The highest BCUT2D eigenvalue weighted by atomic mass is 35.7. The molecule has 1 rings (SSSR count). The molecule has 0 unspecified atom stereocenters. The van der Waals surface area contributed by atoms with Crippen molar-refractivity contribution >= 4 is 25.6 Å². The van der Waals surface area contributed by atoms with Crippen molar-refractivity contribution < 1.29 is 17.6 Å². The Morgan fingerprint density at radius 1 is 1.38 bits per heavy atom. The van der Waals surface area contributed by atoms with Gasteiger partial charge >= 0.3 is 0 Å². The minimum atomic E-state index is -4.24. The van der Waals surface area contributed by atoms with Gasteiger partial charge in [0, 0.05) is 29.3 Å². The van der Waals surface area contributed by atoms with Crippen molar-refractivity contribution in [3.63, 3.8) is 0 Å². The highest BCUT2D eigenvalue weighted by molar-refractivity contribution is 8.13. The molecule has 0 bridgehead atoms. The average molecular weight is 336 g/mol. The van der Waals surface area contributed by atoms with E-state index < -0.39 is 19.8 Å². The Labute approximate surface area is 129 Å². The molecular formula is C14H19ClFNO3S. The molecular weight excluding hydrogens is 317 g/mol. The van der Waals surface area contributed by atoms with Gasteiger partial charge in [-0.2, -0.15) is 0 Å². The summed E-state index contributed by atoms with van der Waals surface area (Å²) in [5, 5.41) is 0. The zero-order chi connectivity index (χ0) is 16.4. The van der Waals surface area contributed by atoms with Gasteiger partial charge in [-0.05, 0) is 37.5 Å². The summed E-state index contributed by atoms with van der Waals surface area (Å²) < 4.78 is 36.6. The maximum Gasteiger partial charge on any atom is 0.264 e. The molecule has 0 fully saturated rings. The number of amides is 1. The van der Waals surface area contributed by atoms with Gasteiger partial charge in [-0.25, -0.2) is 12.8 Å². The van der Waals surface area contributed by atoms with Crippen LogP contribution in [0.4, 0.5) is 4.39 Å². The average Bonchev–Trinajstić information content (AvgIpc) is 2.36. The van der Waals surface area contributed by atoms with E-state index in [0.29, 0.717) is 13.1 Å². The minimum absolute atomic E-state index is 0.0701. The van der Waals surface area contributed by atoms with Crippen LogP contribution in [0.3, 0.4) is 0 Å². The molecule has 0 aliphatic carbocycles. The molecule has 1 aromatic rings. The van der Waals surface area contributed by atoms with Gasteiger partial charge in [-0.1, -0.05) is 13.8 Å². The van der Waals surface area contributed by atoms with Crippen molar-refractivity contribution in [3.05, 3.63) is 29.1 Å². The topological polar surface area (TPSA) is 54.5 Å². The fourth-order valence-corrected chi connectivity index (χ4v) is 3.00. The Bertz CT molecular complexity index is 644. The first kappa shape index (κ1) is 17.9. The first-order chi connectivity index (χ1) is 9.57. The van der Waals surface area contributed by atoms with Crippen LogP contribution in [-0.2, 0) is 9.05 Å². The molecule has 4 nitrogen and oxygen atoms in total. The Balaban J connectivity index is 3.31. The summed E-state index contributed by atoms with van der Waals surface area (Å²) in [6, 6.07) is 2.34. The molecule has 0 N–H and O–H groups in total. The lowest BCUT2D eigenvalue weighted by Crippen LogP contribution is -2.34. The Morgan fingerprint density at radius 2 is 1.95 bits per heavy atom. The highest BCUT2D eigenvalue weighted by Gasteiger charge is 2.23. The Kier molecular flexibility index (Phi) is 5.75. The second-order valence-electron chi connectivity index (χ2n) is 5.28. The molecule has 0 heterocycles. The van der Waals surface area contributed by atoms with Gasteiger partial charge in [0.05, 0.1) is 0 Å². The van der Waals surface area contributed by atoms with Crippen molar-refractivity contribution in [2.45, 2.75) is 32.6 Å². The first-order valence-corrected chi connectivity index (χ1v) is 8.93. The molecule has 0 saturated carbocycles. The lowest BCUT2D eigenvalue weighted by atomic mass is 10.1. The third-order valence-corrected chi connectivity index (χ3v) is 4.31. The van der Waals surface area contributed by atoms with E-state index in [9.17, 15) is 17.6 Å². The number of halogens is 2. The van der Waals surface area contributed by atoms with Gasteiger partial charge in [-0.15, -0.1) is 0 Å². The van der Waals surface area contributed by atoms with Gasteiger partial charge in [0.15, 0.2) is 0 Å². The van der Waals surface area contributed by atoms with Crippen molar-refractivity contribution in [1.29, 1.82) is 0 Å². The van der Waals surface area contributed by atoms with Gasteiger partial charge in [0.25, 0.3) is 15.0 Å². The van der Waals surface area contributed by atoms with Gasteiger partial charge < -0.3 is 4.90 Å². The van der Waals surface area contributed by atoms with Crippen molar-refractivity contribution in [1.82, 2.24) is 4.90 Å². The molecule has 0 spiro atoms. The van der Waals surface area contributed by atoms with Crippen molar-refractivity contribution in [2.24, 2.45) is 5.92 Å². The van der Waals surface area contributed by atoms with E-state index in [-0.39, 0.29) is 23.0 Å². The standard InChI is InChI=1S/C14H19ClFNO3S/c1-5-17(8-9(2)3)14(18)11-6-10(4)13(16)12(7-11)21(15,19)20/h6-7,9H,5,8H2,1-4H3. The van der Waals surface area contributed by atoms with Gasteiger partial charge in [0.2, 0.25) is 0 Å². The van der Waals surface area contributed by atoms with Gasteiger partial charge in [-0.3, -0.25) is 4.79 Å². The normalized spacial score (nSPS) is 11.8.